The quantitative estimate of drug-likeness (QED) is 0.854. The molecule has 1 aromatic heterocycles. The standard InChI is InChI=1S/C15H20F3N3O3/c1-9-11(10(2)21(20-9)8-15(16,17)18)7-12(22)19-14(13(23)24)5-3-4-6-14/h3-8H2,1-2H3,(H,19,22)(H,23,24). The van der Waals surface area contributed by atoms with Gasteiger partial charge < -0.3 is 10.4 Å². The average Bonchev–Trinajstić information content (AvgIpc) is 2.99. The lowest BCUT2D eigenvalue weighted by molar-refractivity contribution is -0.147. The van der Waals surface area contributed by atoms with Crippen LogP contribution in [0, 0.1) is 13.8 Å². The number of carbonyl (C=O) groups is 2. The Morgan fingerprint density at radius 1 is 1.29 bits per heavy atom. The number of carboxylic acids is 1. The second-order valence-corrected chi connectivity index (χ2v) is 6.24. The molecule has 1 heterocycles. The molecule has 6 nitrogen and oxygen atoms in total. The number of rotatable bonds is 5. The number of aliphatic carboxylic acids is 1. The first kappa shape index (κ1) is 18.3. The Bertz CT molecular complexity index is 646. The van der Waals surface area contributed by atoms with Crippen LogP contribution in [0.2, 0.25) is 0 Å². The van der Waals surface area contributed by atoms with E-state index in [1.54, 1.807) is 0 Å². The number of alkyl halides is 3. The molecule has 1 fully saturated rings. The fourth-order valence-corrected chi connectivity index (χ4v) is 3.16. The molecule has 2 N–H and O–H groups in total. The zero-order chi connectivity index (χ0) is 18.1. The SMILES string of the molecule is Cc1nn(CC(F)(F)F)c(C)c1CC(=O)NC1(C(=O)O)CCCC1. The fraction of sp³-hybridized carbons (Fsp3) is 0.667. The third-order valence-electron chi connectivity index (χ3n) is 4.44. The Morgan fingerprint density at radius 2 is 1.88 bits per heavy atom. The summed E-state index contributed by atoms with van der Waals surface area (Å²) >= 11 is 0. The van der Waals surface area contributed by atoms with Gasteiger partial charge in [0.15, 0.2) is 0 Å². The summed E-state index contributed by atoms with van der Waals surface area (Å²) in [6.07, 6.45) is -2.44. The highest BCUT2D eigenvalue weighted by molar-refractivity contribution is 5.88. The molecular formula is C15H20F3N3O3. The predicted octanol–water partition coefficient (Wildman–Crippen LogP) is 2.12. The number of nitrogens with one attached hydrogen (secondary N) is 1. The number of hydrogen-bond acceptors (Lipinski definition) is 3. The smallest absolute Gasteiger partial charge is 0.408 e. The lowest BCUT2D eigenvalue weighted by atomic mass is 9.97. The predicted molar refractivity (Wildman–Crippen MR) is 78.4 cm³/mol. The van der Waals surface area contributed by atoms with Crippen molar-refractivity contribution in [2.24, 2.45) is 0 Å². The summed E-state index contributed by atoms with van der Waals surface area (Å²) in [5, 5.41) is 15.8. The maximum atomic E-state index is 12.5. The van der Waals surface area contributed by atoms with Crippen molar-refractivity contribution in [3.63, 3.8) is 0 Å². The Hall–Kier alpha value is -2.06. The van der Waals surface area contributed by atoms with Gasteiger partial charge in [-0.05, 0) is 26.7 Å². The molecule has 0 unspecified atom stereocenters. The molecule has 1 amide bonds. The van der Waals surface area contributed by atoms with Crippen LogP contribution < -0.4 is 5.32 Å². The molecule has 1 aromatic rings. The molecule has 1 saturated carbocycles. The van der Waals surface area contributed by atoms with E-state index in [1.165, 1.54) is 13.8 Å². The van der Waals surface area contributed by atoms with Crippen LogP contribution in [0.15, 0.2) is 0 Å². The van der Waals surface area contributed by atoms with E-state index in [0.717, 1.165) is 4.68 Å². The van der Waals surface area contributed by atoms with E-state index in [9.17, 15) is 27.9 Å². The fourth-order valence-electron chi connectivity index (χ4n) is 3.16. The van der Waals surface area contributed by atoms with Gasteiger partial charge in [0.25, 0.3) is 0 Å². The van der Waals surface area contributed by atoms with Gasteiger partial charge in [-0.1, -0.05) is 12.8 Å². The Labute approximate surface area is 137 Å². The normalized spacial score (nSPS) is 17.0. The second kappa shape index (κ2) is 6.45. The Kier molecular flexibility index (Phi) is 4.91. The maximum Gasteiger partial charge on any atom is 0.408 e. The molecule has 1 aliphatic carbocycles. The molecule has 134 valence electrons. The largest absolute Gasteiger partial charge is 0.480 e. The van der Waals surface area contributed by atoms with Gasteiger partial charge in [0, 0.05) is 11.3 Å². The van der Waals surface area contributed by atoms with E-state index in [-0.39, 0.29) is 12.1 Å². The van der Waals surface area contributed by atoms with Gasteiger partial charge in [-0.2, -0.15) is 18.3 Å². The van der Waals surface area contributed by atoms with Gasteiger partial charge in [-0.25, -0.2) is 4.79 Å². The van der Waals surface area contributed by atoms with E-state index in [0.29, 0.717) is 36.9 Å². The van der Waals surface area contributed by atoms with Crippen molar-refractivity contribution in [1.82, 2.24) is 15.1 Å². The highest BCUT2D eigenvalue weighted by Crippen LogP contribution is 2.30. The molecule has 0 spiro atoms. The minimum atomic E-state index is -4.40. The molecule has 2 rings (SSSR count). The molecule has 0 radical (unpaired) electrons. The number of carbonyl (C=O) groups excluding carboxylic acids is 1. The zero-order valence-corrected chi connectivity index (χ0v) is 13.5. The van der Waals surface area contributed by atoms with Crippen molar-refractivity contribution in [3.05, 3.63) is 17.0 Å². The zero-order valence-electron chi connectivity index (χ0n) is 13.5. The molecule has 0 atom stereocenters. The topological polar surface area (TPSA) is 84.2 Å². The van der Waals surface area contributed by atoms with Gasteiger partial charge in [-0.3, -0.25) is 9.48 Å². The number of aromatic nitrogens is 2. The first-order valence-corrected chi connectivity index (χ1v) is 7.68. The van der Waals surface area contributed by atoms with Crippen molar-refractivity contribution in [1.29, 1.82) is 0 Å². The van der Waals surface area contributed by atoms with Gasteiger partial charge in [-0.15, -0.1) is 0 Å². The van der Waals surface area contributed by atoms with Crippen LogP contribution in [-0.2, 0) is 22.6 Å². The molecule has 0 aromatic carbocycles. The summed E-state index contributed by atoms with van der Waals surface area (Å²) in [4.78, 5) is 23.7. The summed E-state index contributed by atoms with van der Waals surface area (Å²) in [5.41, 5.74) is -0.269. The lowest BCUT2D eigenvalue weighted by Crippen LogP contribution is -2.53. The number of amides is 1. The van der Waals surface area contributed by atoms with Crippen molar-refractivity contribution >= 4 is 11.9 Å². The van der Waals surface area contributed by atoms with E-state index >= 15 is 0 Å². The maximum absolute atomic E-state index is 12.5. The van der Waals surface area contributed by atoms with Crippen LogP contribution in [0.25, 0.3) is 0 Å². The van der Waals surface area contributed by atoms with Gasteiger partial charge in [0.1, 0.15) is 12.1 Å². The molecule has 1 aliphatic rings. The molecular weight excluding hydrogens is 327 g/mol. The second-order valence-electron chi connectivity index (χ2n) is 6.24. The molecule has 0 bridgehead atoms. The van der Waals surface area contributed by atoms with Gasteiger partial charge >= 0.3 is 12.1 Å². The number of aryl methyl sites for hydroxylation is 1. The van der Waals surface area contributed by atoms with E-state index in [1.807, 2.05) is 0 Å². The van der Waals surface area contributed by atoms with Crippen LogP contribution in [-0.4, -0.2) is 38.5 Å². The molecule has 9 heteroatoms. The van der Waals surface area contributed by atoms with E-state index in [2.05, 4.69) is 10.4 Å². The van der Waals surface area contributed by atoms with E-state index < -0.39 is 30.1 Å². The monoisotopic (exact) mass is 347 g/mol. The van der Waals surface area contributed by atoms with Crippen molar-refractivity contribution in [2.75, 3.05) is 0 Å². The molecule has 0 saturated heterocycles. The first-order valence-electron chi connectivity index (χ1n) is 7.68. The summed E-state index contributed by atoms with van der Waals surface area (Å²) in [6, 6.07) is 0. The van der Waals surface area contributed by atoms with Gasteiger partial charge in [0.2, 0.25) is 5.91 Å². The lowest BCUT2D eigenvalue weighted by Gasteiger charge is -2.25. The first-order chi connectivity index (χ1) is 11.0. The number of hydrogen-bond donors (Lipinski definition) is 2. The summed E-state index contributed by atoms with van der Waals surface area (Å²) in [5.74, 6) is -1.59. The van der Waals surface area contributed by atoms with Crippen molar-refractivity contribution in [2.45, 2.75) is 64.2 Å². The highest BCUT2D eigenvalue weighted by Gasteiger charge is 2.42. The van der Waals surface area contributed by atoms with Crippen LogP contribution >= 0.6 is 0 Å². The van der Waals surface area contributed by atoms with Crippen LogP contribution in [0.3, 0.4) is 0 Å². The van der Waals surface area contributed by atoms with Gasteiger partial charge in [0.05, 0.1) is 12.1 Å². The van der Waals surface area contributed by atoms with Crippen LogP contribution in [0.5, 0.6) is 0 Å². The Balaban J connectivity index is 2.13. The van der Waals surface area contributed by atoms with Crippen LogP contribution in [0.1, 0.15) is 42.6 Å². The molecule has 0 aliphatic heterocycles. The number of carboxylic acid groups (broad SMARTS) is 1. The summed E-state index contributed by atoms with van der Waals surface area (Å²) in [7, 11) is 0. The summed E-state index contributed by atoms with van der Waals surface area (Å²) < 4.78 is 38.4. The highest BCUT2D eigenvalue weighted by atomic mass is 19.4. The minimum Gasteiger partial charge on any atom is -0.480 e. The Morgan fingerprint density at radius 3 is 2.38 bits per heavy atom. The summed E-state index contributed by atoms with van der Waals surface area (Å²) in [6.45, 7) is 1.78. The average molecular weight is 347 g/mol. The van der Waals surface area contributed by atoms with Crippen LogP contribution in [0.4, 0.5) is 13.2 Å². The third-order valence-corrected chi connectivity index (χ3v) is 4.44. The third kappa shape index (κ3) is 3.88. The number of nitrogens with zero attached hydrogens (tertiary/aromatic N) is 2. The van der Waals surface area contributed by atoms with Crippen molar-refractivity contribution < 1.29 is 27.9 Å². The minimum absolute atomic E-state index is 0.190. The van der Waals surface area contributed by atoms with E-state index in [4.69, 9.17) is 0 Å². The number of halogens is 3. The molecule has 24 heavy (non-hydrogen) atoms. The van der Waals surface area contributed by atoms with Crippen molar-refractivity contribution in [3.8, 4) is 0 Å².